The van der Waals surface area contributed by atoms with Gasteiger partial charge in [0.25, 0.3) is 0 Å². The van der Waals surface area contributed by atoms with E-state index in [0.717, 1.165) is 38.2 Å². The number of piperidine rings is 1. The largest absolute Gasteiger partial charge is 0.497 e. The Morgan fingerprint density at radius 2 is 1.86 bits per heavy atom. The lowest BCUT2D eigenvalue weighted by Gasteiger charge is -2.31. The maximum absolute atomic E-state index is 12.8. The predicted octanol–water partition coefficient (Wildman–Crippen LogP) is 3.72. The molecule has 29 heavy (non-hydrogen) atoms. The van der Waals surface area contributed by atoms with Gasteiger partial charge in [-0.15, -0.1) is 0 Å². The summed E-state index contributed by atoms with van der Waals surface area (Å²) in [6, 6.07) is 15.0. The lowest BCUT2D eigenvalue weighted by Crippen LogP contribution is -2.37. The van der Waals surface area contributed by atoms with E-state index in [2.05, 4.69) is 16.3 Å². The Hall–Kier alpha value is -2.86. The molecule has 1 saturated heterocycles. The van der Waals surface area contributed by atoms with Crippen molar-refractivity contribution in [3.8, 4) is 5.75 Å². The van der Waals surface area contributed by atoms with Crippen molar-refractivity contribution in [1.82, 2.24) is 4.90 Å². The van der Waals surface area contributed by atoms with Crippen LogP contribution in [0.4, 0.5) is 5.69 Å². The van der Waals surface area contributed by atoms with Crippen LogP contribution in [0.5, 0.6) is 5.75 Å². The molecule has 1 amide bonds. The molecule has 1 aliphatic rings. The van der Waals surface area contributed by atoms with Crippen molar-refractivity contribution in [2.75, 3.05) is 32.1 Å². The fraction of sp³-hybridized carbons (Fsp3) is 0.391. The maximum Gasteiger partial charge on any atom is 0.340 e. The number of nitrogens with zero attached hydrogens (tertiary/aromatic N) is 1. The zero-order valence-corrected chi connectivity index (χ0v) is 17.0. The molecule has 154 valence electrons. The first kappa shape index (κ1) is 20.9. The molecule has 2 aromatic rings. The Morgan fingerprint density at radius 1 is 1.10 bits per heavy atom. The lowest BCUT2D eigenvalue weighted by molar-refractivity contribution is -0.121. The molecule has 0 atom stereocenters. The molecule has 1 N–H and O–H groups in total. The summed E-state index contributed by atoms with van der Waals surface area (Å²) >= 11 is 0. The number of carbonyl (C=O) groups is 2. The van der Waals surface area contributed by atoms with Crippen LogP contribution < -0.4 is 10.1 Å². The van der Waals surface area contributed by atoms with E-state index in [4.69, 9.17) is 9.47 Å². The second-order valence-corrected chi connectivity index (χ2v) is 7.16. The van der Waals surface area contributed by atoms with E-state index in [0.29, 0.717) is 17.9 Å². The number of hydrogen-bond donors (Lipinski definition) is 1. The standard InChI is InChI=1S/C23H28N2O4/c1-3-29-23(27)20-9-4-5-10-21(20)24-22(26)18-11-13-25(14-12-18)16-17-7-6-8-19(15-17)28-2/h4-10,15,18H,3,11-14,16H2,1-2H3,(H,24,26). The fourth-order valence-electron chi connectivity index (χ4n) is 3.60. The number of likely N-dealkylation sites (tertiary alicyclic amines) is 1. The number of rotatable bonds is 7. The Morgan fingerprint density at radius 3 is 2.59 bits per heavy atom. The third-order valence-corrected chi connectivity index (χ3v) is 5.18. The minimum Gasteiger partial charge on any atom is -0.497 e. The van der Waals surface area contributed by atoms with Crippen molar-refractivity contribution >= 4 is 17.6 Å². The van der Waals surface area contributed by atoms with E-state index >= 15 is 0 Å². The summed E-state index contributed by atoms with van der Waals surface area (Å²) in [5, 5.41) is 2.92. The smallest absolute Gasteiger partial charge is 0.340 e. The number of amides is 1. The molecule has 3 rings (SSSR count). The molecule has 0 saturated carbocycles. The highest BCUT2D eigenvalue weighted by atomic mass is 16.5. The number of anilines is 1. The predicted molar refractivity (Wildman–Crippen MR) is 112 cm³/mol. The summed E-state index contributed by atoms with van der Waals surface area (Å²) in [6.45, 7) is 4.62. The average Bonchev–Trinajstić information content (AvgIpc) is 2.75. The van der Waals surface area contributed by atoms with E-state index in [1.165, 1.54) is 5.56 Å². The number of esters is 1. The summed E-state index contributed by atoms with van der Waals surface area (Å²) in [5.74, 6) is 0.336. The summed E-state index contributed by atoms with van der Waals surface area (Å²) in [5.41, 5.74) is 2.10. The quantitative estimate of drug-likeness (QED) is 0.723. The fourth-order valence-corrected chi connectivity index (χ4v) is 3.60. The van der Waals surface area contributed by atoms with Crippen molar-refractivity contribution in [2.24, 2.45) is 5.92 Å². The summed E-state index contributed by atoms with van der Waals surface area (Å²) in [4.78, 5) is 27.2. The van der Waals surface area contributed by atoms with Crippen LogP contribution in [-0.2, 0) is 16.1 Å². The van der Waals surface area contributed by atoms with Gasteiger partial charge in [0.05, 0.1) is 25.0 Å². The van der Waals surface area contributed by atoms with Crippen LogP contribution >= 0.6 is 0 Å². The average molecular weight is 396 g/mol. The summed E-state index contributed by atoms with van der Waals surface area (Å²) < 4.78 is 10.4. The highest BCUT2D eigenvalue weighted by molar-refractivity contribution is 6.01. The number of para-hydroxylation sites is 1. The molecule has 0 bridgehead atoms. The molecular weight excluding hydrogens is 368 g/mol. The van der Waals surface area contributed by atoms with Crippen LogP contribution in [0.1, 0.15) is 35.7 Å². The molecule has 0 aliphatic carbocycles. The van der Waals surface area contributed by atoms with E-state index < -0.39 is 5.97 Å². The van der Waals surface area contributed by atoms with Gasteiger partial charge in [0.15, 0.2) is 0 Å². The second-order valence-electron chi connectivity index (χ2n) is 7.16. The number of benzene rings is 2. The normalized spacial score (nSPS) is 15.0. The third-order valence-electron chi connectivity index (χ3n) is 5.18. The van der Waals surface area contributed by atoms with Crippen LogP contribution in [0, 0.1) is 5.92 Å². The van der Waals surface area contributed by atoms with Gasteiger partial charge >= 0.3 is 5.97 Å². The molecule has 0 spiro atoms. The van der Waals surface area contributed by atoms with E-state index in [1.54, 1.807) is 38.3 Å². The number of carbonyl (C=O) groups excluding carboxylic acids is 2. The van der Waals surface area contributed by atoms with Crippen molar-refractivity contribution in [2.45, 2.75) is 26.3 Å². The number of nitrogens with one attached hydrogen (secondary N) is 1. The van der Waals surface area contributed by atoms with Gasteiger partial charge in [0.1, 0.15) is 5.75 Å². The second kappa shape index (κ2) is 10.1. The monoisotopic (exact) mass is 396 g/mol. The molecule has 1 heterocycles. The van der Waals surface area contributed by atoms with Crippen molar-refractivity contribution in [3.63, 3.8) is 0 Å². The van der Waals surface area contributed by atoms with Gasteiger partial charge in [-0.3, -0.25) is 9.69 Å². The van der Waals surface area contributed by atoms with Crippen LogP contribution in [0.25, 0.3) is 0 Å². The van der Waals surface area contributed by atoms with Gasteiger partial charge in [-0.2, -0.15) is 0 Å². The van der Waals surface area contributed by atoms with Gasteiger partial charge in [-0.25, -0.2) is 4.79 Å². The van der Waals surface area contributed by atoms with E-state index in [-0.39, 0.29) is 11.8 Å². The van der Waals surface area contributed by atoms with Crippen molar-refractivity contribution in [3.05, 3.63) is 59.7 Å². The number of hydrogen-bond acceptors (Lipinski definition) is 5. The van der Waals surface area contributed by atoms with Gasteiger partial charge in [0, 0.05) is 12.5 Å². The highest BCUT2D eigenvalue weighted by Crippen LogP contribution is 2.23. The first-order valence-electron chi connectivity index (χ1n) is 10.0. The Kier molecular flexibility index (Phi) is 7.25. The van der Waals surface area contributed by atoms with Gasteiger partial charge < -0.3 is 14.8 Å². The third kappa shape index (κ3) is 5.57. The van der Waals surface area contributed by atoms with Crippen molar-refractivity contribution in [1.29, 1.82) is 0 Å². The highest BCUT2D eigenvalue weighted by Gasteiger charge is 2.26. The number of methoxy groups -OCH3 is 1. The molecular formula is C23H28N2O4. The summed E-state index contributed by atoms with van der Waals surface area (Å²) in [6.07, 6.45) is 1.58. The Balaban J connectivity index is 1.55. The van der Waals surface area contributed by atoms with E-state index in [1.807, 2.05) is 18.2 Å². The number of ether oxygens (including phenoxy) is 2. The zero-order chi connectivity index (χ0) is 20.6. The molecule has 0 aromatic heterocycles. The zero-order valence-electron chi connectivity index (χ0n) is 17.0. The van der Waals surface area contributed by atoms with Gasteiger partial charge in [-0.1, -0.05) is 24.3 Å². The SMILES string of the molecule is CCOC(=O)c1ccccc1NC(=O)C1CCN(Cc2cccc(OC)c2)CC1. The Labute approximate surface area is 171 Å². The first-order chi connectivity index (χ1) is 14.1. The molecule has 0 unspecified atom stereocenters. The topological polar surface area (TPSA) is 67.9 Å². The van der Waals surface area contributed by atoms with Crippen LogP contribution in [0.3, 0.4) is 0 Å². The van der Waals surface area contributed by atoms with Gasteiger partial charge in [-0.05, 0) is 62.7 Å². The van der Waals surface area contributed by atoms with Crippen molar-refractivity contribution < 1.29 is 19.1 Å². The molecule has 6 nitrogen and oxygen atoms in total. The lowest BCUT2D eigenvalue weighted by atomic mass is 9.95. The minimum atomic E-state index is -0.420. The molecule has 6 heteroatoms. The molecule has 1 aliphatic heterocycles. The first-order valence-corrected chi connectivity index (χ1v) is 10.0. The van der Waals surface area contributed by atoms with E-state index in [9.17, 15) is 9.59 Å². The molecule has 1 fully saturated rings. The minimum absolute atomic E-state index is 0.0391. The maximum atomic E-state index is 12.8. The summed E-state index contributed by atoms with van der Waals surface area (Å²) in [7, 11) is 1.67. The van der Waals surface area contributed by atoms with Crippen LogP contribution in [0.15, 0.2) is 48.5 Å². The molecule has 2 aromatic carbocycles. The molecule has 0 radical (unpaired) electrons. The van der Waals surface area contributed by atoms with Gasteiger partial charge in [0.2, 0.25) is 5.91 Å². The van der Waals surface area contributed by atoms with Crippen LogP contribution in [0.2, 0.25) is 0 Å². The Bertz CT molecular complexity index is 844. The van der Waals surface area contributed by atoms with Crippen LogP contribution in [-0.4, -0.2) is 43.6 Å².